The molecule has 0 fully saturated rings. The molecule has 1 aromatic carbocycles. The van der Waals surface area contributed by atoms with Gasteiger partial charge in [0, 0.05) is 72.0 Å². The molecule has 0 atom stereocenters. The Bertz CT molecular complexity index is 308. The van der Waals surface area contributed by atoms with Gasteiger partial charge in [-0.25, -0.2) is 0 Å². The van der Waals surface area contributed by atoms with Crippen molar-refractivity contribution >= 4 is 0 Å². The van der Waals surface area contributed by atoms with Gasteiger partial charge < -0.3 is 18.6 Å². The molecule has 0 N–H and O–H groups in total. The van der Waals surface area contributed by atoms with Crippen molar-refractivity contribution in [3.8, 4) is 0 Å². The van der Waals surface area contributed by atoms with E-state index in [4.69, 9.17) is 4.74 Å². The monoisotopic (exact) mass is 574 g/mol. The molecule has 0 aliphatic rings. The molecule has 0 heterocycles. The smallest absolute Gasteiger partial charge is 0.0427 e. The molecule has 0 saturated carbocycles. The van der Waals surface area contributed by atoms with E-state index in [1.165, 1.54) is 56.1 Å². The van der Waals surface area contributed by atoms with E-state index >= 15 is 0 Å². The zero-order valence-corrected chi connectivity index (χ0v) is 25.7. The maximum Gasteiger partial charge on any atom is 0.0427 e. The Morgan fingerprint density at radius 2 is 1.20 bits per heavy atom. The van der Waals surface area contributed by atoms with Crippen molar-refractivity contribution in [3.05, 3.63) is 49.2 Å². The van der Waals surface area contributed by atoms with Gasteiger partial charge in [0.2, 0.25) is 0 Å². The van der Waals surface area contributed by atoms with Crippen molar-refractivity contribution < 1.29 is 70.2 Å². The second kappa shape index (κ2) is 48.0. The van der Waals surface area contributed by atoms with Crippen LogP contribution in [0.5, 0.6) is 0 Å². The SMILES string of the molecule is C.C.CCCC.CCCc1ccc(C)cc1.[CH2-]CCCCC.[CH2-]COCCC.[Y].[Y]. The Hall–Kier alpha value is 1.39. The van der Waals surface area contributed by atoms with Crippen LogP contribution >= 0.6 is 0 Å². The van der Waals surface area contributed by atoms with E-state index in [1.54, 1.807) is 0 Å². The van der Waals surface area contributed by atoms with Crippen molar-refractivity contribution in [2.24, 2.45) is 0 Å². The van der Waals surface area contributed by atoms with Crippen LogP contribution in [0, 0.1) is 20.8 Å². The average Bonchev–Trinajstić information content (AvgIpc) is 2.68. The topological polar surface area (TPSA) is 9.23 Å². The molecule has 0 bridgehead atoms. The van der Waals surface area contributed by atoms with Gasteiger partial charge in [0.15, 0.2) is 0 Å². The van der Waals surface area contributed by atoms with Gasteiger partial charge in [0.1, 0.15) is 0 Å². The van der Waals surface area contributed by atoms with E-state index in [2.05, 4.69) is 79.7 Å². The summed E-state index contributed by atoms with van der Waals surface area (Å²) in [4.78, 5) is 0. The van der Waals surface area contributed by atoms with E-state index in [0.29, 0.717) is 6.61 Å². The van der Waals surface area contributed by atoms with E-state index < -0.39 is 0 Å². The predicted octanol–water partition coefficient (Wildman–Crippen LogP) is 9.67. The third-order valence-electron chi connectivity index (χ3n) is 3.51. The summed E-state index contributed by atoms with van der Waals surface area (Å²) in [5.41, 5.74) is 2.80. The zero-order valence-electron chi connectivity index (χ0n) is 20.1. The minimum Gasteiger partial charge on any atom is -0.413 e. The summed E-state index contributed by atoms with van der Waals surface area (Å²) in [6, 6.07) is 8.76. The number of hydrogen-bond donors (Lipinski definition) is 0. The second-order valence-electron chi connectivity index (χ2n) is 6.41. The largest absolute Gasteiger partial charge is 0.413 e. The average molecular weight is 575 g/mol. The maximum atomic E-state index is 4.87. The third-order valence-corrected chi connectivity index (χ3v) is 3.51. The number of unbranched alkanes of at least 4 members (excludes halogenated alkanes) is 4. The zero-order chi connectivity index (χ0) is 20.5. The molecule has 0 aliphatic carbocycles. The Morgan fingerprint density at radius 3 is 1.43 bits per heavy atom. The molecule has 30 heavy (non-hydrogen) atoms. The number of benzene rings is 1. The van der Waals surface area contributed by atoms with Gasteiger partial charge in [-0.2, -0.15) is 6.42 Å². The van der Waals surface area contributed by atoms with E-state index in [-0.39, 0.29) is 80.3 Å². The van der Waals surface area contributed by atoms with Crippen molar-refractivity contribution in [1.82, 2.24) is 0 Å². The van der Waals surface area contributed by atoms with Gasteiger partial charge in [-0.15, -0.1) is 0 Å². The van der Waals surface area contributed by atoms with Gasteiger partial charge in [0.25, 0.3) is 0 Å². The molecule has 0 aromatic heterocycles. The van der Waals surface area contributed by atoms with Crippen LogP contribution < -0.4 is 0 Å². The quantitative estimate of drug-likeness (QED) is 0.211. The second-order valence-corrected chi connectivity index (χ2v) is 6.41. The summed E-state index contributed by atoms with van der Waals surface area (Å²) in [5.74, 6) is 0. The molecule has 0 amide bonds. The molecule has 0 spiro atoms. The summed E-state index contributed by atoms with van der Waals surface area (Å²) < 4.78 is 4.87. The van der Waals surface area contributed by atoms with Crippen molar-refractivity contribution in [3.63, 3.8) is 0 Å². The van der Waals surface area contributed by atoms with Crippen LogP contribution in [0.2, 0.25) is 0 Å². The molecule has 0 saturated heterocycles. The Morgan fingerprint density at radius 1 is 0.700 bits per heavy atom. The molecule has 2 radical (unpaired) electrons. The Balaban J connectivity index is -0.0000000475. The van der Waals surface area contributed by atoms with Crippen LogP contribution in [-0.4, -0.2) is 13.2 Å². The predicted molar refractivity (Wildman–Crippen MR) is 135 cm³/mol. The Labute approximate surface area is 244 Å². The molecule has 0 unspecified atom stereocenters. The number of rotatable bonds is 9. The minimum atomic E-state index is 0. The van der Waals surface area contributed by atoms with Crippen LogP contribution in [0.25, 0.3) is 0 Å². The summed E-state index contributed by atoms with van der Waals surface area (Å²) in [7, 11) is 0. The van der Waals surface area contributed by atoms with E-state index in [1.807, 2.05) is 0 Å². The van der Waals surface area contributed by atoms with Gasteiger partial charge in [-0.1, -0.05) is 124 Å². The molecule has 1 aromatic rings. The first-order chi connectivity index (χ1) is 12.6. The summed E-state index contributed by atoms with van der Waals surface area (Å²) in [5, 5.41) is 0. The molecular weight excluding hydrogens is 518 g/mol. The van der Waals surface area contributed by atoms with Crippen LogP contribution in [0.1, 0.15) is 112 Å². The standard InChI is InChI=1S/C10H14.C6H13.C5H11O.C4H10.2CH4.2Y/c1-3-4-10-7-5-9(2)6-8-10;2*1-3-5-6-4-2;1-3-4-2;;;;/h5-8H,3-4H2,1-2H3;1,3-6H2,2H3;2-5H2,1H3;3-4H2,1-2H3;2*1H4;;/q;2*-1;;;;;. The van der Waals surface area contributed by atoms with Crippen LogP contribution in [0.4, 0.5) is 0 Å². The molecule has 0 aliphatic heterocycles. The van der Waals surface area contributed by atoms with Crippen molar-refractivity contribution in [1.29, 1.82) is 0 Å². The van der Waals surface area contributed by atoms with Gasteiger partial charge in [0.05, 0.1) is 0 Å². The fraction of sp³-hybridized carbons (Fsp3) is 0.704. The first-order valence-corrected chi connectivity index (χ1v) is 10.8. The normalized spacial score (nSPS) is 7.87. The summed E-state index contributed by atoms with van der Waals surface area (Å²) in [6.07, 6.45) is 11.3. The summed E-state index contributed by atoms with van der Waals surface area (Å²) in [6.45, 7) is 21.7. The first kappa shape index (κ1) is 48.7. The fourth-order valence-electron chi connectivity index (χ4n) is 1.72. The third kappa shape index (κ3) is 51.8. The van der Waals surface area contributed by atoms with Gasteiger partial charge in [-0.3, -0.25) is 0 Å². The van der Waals surface area contributed by atoms with Crippen LogP contribution in [0.3, 0.4) is 0 Å². The molecule has 3 heteroatoms. The van der Waals surface area contributed by atoms with E-state index in [0.717, 1.165) is 19.4 Å². The number of aryl methyl sites for hydroxylation is 2. The minimum absolute atomic E-state index is 0. The van der Waals surface area contributed by atoms with Gasteiger partial charge in [-0.05, 0) is 25.3 Å². The molecular formula is C27H56OY2-2. The first-order valence-electron chi connectivity index (χ1n) is 10.8. The maximum absolute atomic E-state index is 4.87. The Kier molecular flexibility index (Phi) is 77.9. The van der Waals surface area contributed by atoms with Crippen LogP contribution in [-0.2, 0) is 76.6 Å². The number of hydrogen-bond acceptors (Lipinski definition) is 1. The van der Waals surface area contributed by atoms with Gasteiger partial charge >= 0.3 is 0 Å². The van der Waals surface area contributed by atoms with E-state index in [9.17, 15) is 0 Å². The molecule has 178 valence electrons. The number of ether oxygens (including phenoxy) is 1. The van der Waals surface area contributed by atoms with Crippen LogP contribution in [0.15, 0.2) is 24.3 Å². The van der Waals surface area contributed by atoms with Crippen molar-refractivity contribution in [2.45, 2.75) is 114 Å². The van der Waals surface area contributed by atoms with Crippen molar-refractivity contribution in [2.75, 3.05) is 13.2 Å². The fourth-order valence-corrected chi connectivity index (χ4v) is 1.72. The molecule has 1 nitrogen and oxygen atoms in total. The summed E-state index contributed by atoms with van der Waals surface area (Å²) >= 11 is 0. The molecule has 1 rings (SSSR count).